The van der Waals surface area contributed by atoms with E-state index in [1.165, 1.54) is 25.7 Å². The number of carbonyl (C=O) groups is 1. The largest absolute Gasteiger partial charge is 0.345 e. The zero-order valence-corrected chi connectivity index (χ0v) is 11.4. The predicted octanol–water partition coefficient (Wildman–Crippen LogP) is 3.36. The van der Waals surface area contributed by atoms with Gasteiger partial charge in [0.1, 0.15) is 5.69 Å². The van der Waals surface area contributed by atoms with Crippen LogP contribution in [0.3, 0.4) is 0 Å². The molecule has 1 aliphatic rings. The highest BCUT2D eigenvalue weighted by Gasteiger charge is 2.25. The summed E-state index contributed by atoms with van der Waals surface area (Å²) in [5.41, 5.74) is 0.566. The number of hydrogen-bond donors (Lipinski definition) is 0. The standard InChI is InChI=1S/C13H20N2OS/c1-10(2)7-15(12-5-3-4-6-12)13-14-11(8-16)9-17-13/h8-10,12H,3-7H2,1-2H3. The molecule has 0 saturated heterocycles. The lowest BCUT2D eigenvalue weighted by molar-refractivity contribution is 0.111. The molecular weight excluding hydrogens is 232 g/mol. The summed E-state index contributed by atoms with van der Waals surface area (Å²) in [4.78, 5) is 17.5. The van der Waals surface area contributed by atoms with Crippen molar-refractivity contribution in [2.75, 3.05) is 11.4 Å². The molecule has 1 aliphatic carbocycles. The second-order valence-electron chi connectivity index (χ2n) is 5.16. The lowest BCUT2D eigenvalue weighted by Gasteiger charge is -2.30. The molecule has 3 nitrogen and oxygen atoms in total. The molecule has 17 heavy (non-hydrogen) atoms. The second-order valence-corrected chi connectivity index (χ2v) is 5.99. The van der Waals surface area contributed by atoms with Gasteiger partial charge in [-0.1, -0.05) is 26.7 Å². The van der Waals surface area contributed by atoms with Crippen LogP contribution in [0.5, 0.6) is 0 Å². The quantitative estimate of drug-likeness (QED) is 0.753. The van der Waals surface area contributed by atoms with Gasteiger partial charge in [0.25, 0.3) is 0 Å². The van der Waals surface area contributed by atoms with Crippen LogP contribution in [0.25, 0.3) is 0 Å². The first-order valence-corrected chi connectivity index (χ1v) is 7.26. The average molecular weight is 252 g/mol. The van der Waals surface area contributed by atoms with Gasteiger partial charge < -0.3 is 4.90 Å². The first kappa shape index (κ1) is 12.6. The third-order valence-electron chi connectivity index (χ3n) is 3.20. The summed E-state index contributed by atoms with van der Waals surface area (Å²) in [6, 6.07) is 0.628. The van der Waals surface area contributed by atoms with Gasteiger partial charge in [-0.3, -0.25) is 4.79 Å². The van der Waals surface area contributed by atoms with Crippen LogP contribution in [0.15, 0.2) is 5.38 Å². The maximum atomic E-state index is 10.7. The molecule has 0 N–H and O–H groups in total. The van der Waals surface area contributed by atoms with Gasteiger partial charge in [0, 0.05) is 18.0 Å². The summed E-state index contributed by atoms with van der Waals surface area (Å²) in [5, 5.41) is 2.87. The molecule has 0 aromatic carbocycles. The Morgan fingerprint density at radius 2 is 2.24 bits per heavy atom. The Kier molecular flexibility index (Phi) is 4.15. The Bertz CT molecular complexity index is 369. The molecule has 0 aliphatic heterocycles. The minimum Gasteiger partial charge on any atom is -0.345 e. The van der Waals surface area contributed by atoms with E-state index in [0.29, 0.717) is 17.7 Å². The predicted molar refractivity (Wildman–Crippen MR) is 71.9 cm³/mol. The highest BCUT2D eigenvalue weighted by molar-refractivity contribution is 7.13. The Balaban J connectivity index is 2.15. The molecule has 1 heterocycles. The molecule has 0 atom stereocenters. The molecule has 1 saturated carbocycles. The van der Waals surface area contributed by atoms with Crippen LogP contribution in [0, 0.1) is 5.92 Å². The lowest BCUT2D eigenvalue weighted by atomic mass is 10.1. The highest BCUT2D eigenvalue weighted by Crippen LogP contribution is 2.30. The summed E-state index contributed by atoms with van der Waals surface area (Å²) in [5.74, 6) is 0.624. The van der Waals surface area contributed by atoms with Crippen LogP contribution < -0.4 is 4.90 Å². The monoisotopic (exact) mass is 252 g/mol. The minimum absolute atomic E-state index is 0.566. The summed E-state index contributed by atoms with van der Waals surface area (Å²) < 4.78 is 0. The van der Waals surface area contributed by atoms with Crippen molar-refractivity contribution in [2.45, 2.75) is 45.6 Å². The molecule has 0 spiro atoms. The van der Waals surface area contributed by atoms with E-state index in [-0.39, 0.29) is 0 Å². The van der Waals surface area contributed by atoms with Gasteiger partial charge in [-0.25, -0.2) is 4.98 Å². The molecule has 2 rings (SSSR count). The van der Waals surface area contributed by atoms with Gasteiger partial charge in [0.2, 0.25) is 0 Å². The van der Waals surface area contributed by atoms with Crippen molar-refractivity contribution in [3.05, 3.63) is 11.1 Å². The van der Waals surface area contributed by atoms with Crippen LogP contribution in [-0.4, -0.2) is 23.9 Å². The molecule has 1 fully saturated rings. The molecule has 1 aromatic heterocycles. The van der Waals surface area contributed by atoms with E-state index in [9.17, 15) is 4.79 Å². The molecule has 0 unspecified atom stereocenters. The van der Waals surface area contributed by atoms with Crippen LogP contribution in [0.4, 0.5) is 5.13 Å². The van der Waals surface area contributed by atoms with Gasteiger partial charge >= 0.3 is 0 Å². The third kappa shape index (κ3) is 3.06. The van der Waals surface area contributed by atoms with E-state index < -0.39 is 0 Å². The van der Waals surface area contributed by atoms with E-state index in [1.54, 1.807) is 11.3 Å². The molecule has 0 amide bonds. The van der Waals surface area contributed by atoms with E-state index in [2.05, 4.69) is 23.7 Å². The molecular formula is C13H20N2OS. The van der Waals surface area contributed by atoms with Gasteiger partial charge in [0.15, 0.2) is 11.4 Å². The fraction of sp³-hybridized carbons (Fsp3) is 0.692. The van der Waals surface area contributed by atoms with Gasteiger partial charge in [0.05, 0.1) is 0 Å². The van der Waals surface area contributed by atoms with Crippen molar-refractivity contribution in [1.82, 2.24) is 4.98 Å². The molecule has 94 valence electrons. The fourth-order valence-electron chi connectivity index (χ4n) is 2.45. The Hall–Kier alpha value is -0.900. The number of hydrogen-bond acceptors (Lipinski definition) is 4. The second kappa shape index (κ2) is 5.63. The van der Waals surface area contributed by atoms with E-state index in [0.717, 1.165) is 18.0 Å². The van der Waals surface area contributed by atoms with E-state index in [4.69, 9.17) is 0 Å². The van der Waals surface area contributed by atoms with Crippen LogP contribution in [0.1, 0.15) is 50.0 Å². The smallest absolute Gasteiger partial charge is 0.186 e. The zero-order chi connectivity index (χ0) is 12.3. The van der Waals surface area contributed by atoms with Gasteiger partial charge in [-0.2, -0.15) is 0 Å². The maximum absolute atomic E-state index is 10.7. The summed E-state index contributed by atoms with van der Waals surface area (Å²) >= 11 is 1.59. The summed E-state index contributed by atoms with van der Waals surface area (Å²) in [7, 11) is 0. The zero-order valence-electron chi connectivity index (χ0n) is 10.6. The van der Waals surface area contributed by atoms with Crippen molar-refractivity contribution in [3.63, 3.8) is 0 Å². The SMILES string of the molecule is CC(C)CN(c1nc(C=O)cs1)C1CCCC1. The van der Waals surface area contributed by atoms with Crippen molar-refractivity contribution >= 4 is 22.8 Å². The third-order valence-corrected chi connectivity index (χ3v) is 4.10. The first-order valence-electron chi connectivity index (χ1n) is 6.38. The number of aromatic nitrogens is 1. The van der Waals surface area contributed by atoms with Crippen molar-refractivity contribution < 1.29 is 4.79 Å². The van der Waals surface area contributed by atoms with Crippen molar-refractivity contribution in [3.8, 4) is 0 Å². The van der Waals surface area contributed by atoms with Crippen LogP contribution >= 0.6 is 11.3 Å². The number of aldehydes is 1. The highest BCUT2D eigenvalue weighted by atomic mass is 32.1. The number of anilines is 1. The molecule has 0 radical (unpaired) electrons. The van der Waals surface area contributed by atoms with Crippen molar-refractivity contribution in [2.24, 2.45) is 5.92 Å². The number of thiazole rings is 1. The Labute approximate surface area is 107 Å². The van der Waals surface area contributed by atoms with Gasteiger partial charge in [-0.05, 0) is 18.8 Å². The van der Waals surface area contributed by atoms with E-state index in [1.807, 2.05) is 5.38 Å². The van der Waals surface area contributed by atoms with Crippen LogP contribution in [-0.2, 0) is 0 Å². The van der Waals surface area contributed by atoms with E-state index >= 15 is 0 Å². The summed E-state index contributed by atoms with van der Waals surface area (Å²) in [6.45, 7) is 5.50. The molecule has 4 heteroatoms. The Morgan fingerprint density at radius 3 is 2.76 bits per heavy atom. The number of rotatable bonds is 5. The lowest BCUT2D eigenvalue weighted by Crippen LogP contribution is -2.36. The number of carbonyl (C=O) groups excluding carboxylic acids is 1. The minimum atomic E-state index is 0.566. The molecule has 0 bridgehead atoms. The average Bonchev–Trinajstić information content (AvgIpc) is 2.97. The summed E-state index contributed by atoms with van der Waals surface area (Å²) in [6.07, 6.45) is 6.02. The first-order chi connectivity index (χ1) is 8.20. The Morgan fingerprint density at radius 1 is 1.53 bits per heavy atom. The van der Waals surface area contributed by atoms with Crippen molar-refractivity contribution in [1.29, 1.82) is 0 Å². The number of nitrogens with zero attached hydrogens (tertiary/aromatic N) is 2. The fourth-order valence-corrected chi connectivity index (χ4v) is 3.31. The van der Waals surface area contributed by atoms with Crippen LogP contribution in [0.2, 0.25) is 0 Å². The molecule has 1 aromatic rings. The normalized spacial score (nSPS) is 16.6. The topological polar surface area (TPSA) is 33.2 Å². The van der Waals surface area contributed by atoms with Gasteiger partial charge in [-0.15, -0.1) is 11.3 Å². The maximum Gasteiger partial charge on any atom is 0.186 e.